The third kappa shape index (κ3) is 3.38. The number of methoxy groups -OCH3 is 1. The molecule has 2 saturated heterocycles. The molecular weight excluding hydrogens is 242 g/mol. The maximum atomic E-state index is 5.67. The largest absolute Gasteiger partial charge is 0.382 e. The van der Waals surface area contributed by atoms with Gasteiger partial charge < -0.3 is 9.64 Å². The van der Waals surface area contributed by atoms with Crippen molar-refractivity contribution in [2.75, 3.05) is 33.4 Å². The Labute approximate surface area is 115 Å². The van der Waals surface area contributed by atoms with Gasteiger partial charge in [-0.05, 0) is 33.2 Å². The fourth-order valence-corrected chi connectivity index (χ4v) is 3.16. The van der Waals surface area contributed by atoms with Gasteiger partial charge in [0.15, 0.2) is 0 Å². The van der Waals surface area contributed by atoms with Crippen LogP contribution in [0.5, 0.6) is 0 Å². The molecule has 6 nitrogen and oxygen atoms in total. The SMILES string of the molecule is COCC(C)N=C(NN)N1CC2CCCN2CC1C. The summed E-state index contributed by atoms with van der Waals surface area (Å²) in [6, 6.07) is 1.22. The number of fused-ring (bicyclic) bond motifs is 1. The van der Waals surface area contributed by atoms with Gasteiger partial charge in [0.2, 0.25) is 5.96 Å². The molecule has 2 fully saturated rings. The Bertz CT molecular complexity index is 322. The van der Waals surface area contributed by atoms with Crippen LogP contribution in [0.25, 0.3) is 0 Å². The molecule has 0 spiro atoms. The first-order chi connectivity index (χ1) is 9.15. The van der Waals surface area contributed by atoms with Crippen molar-refractivity contribution in [3.63, 3.8) is 0 Å². The highest BCUT2D eigenvalue weighted by atomic mass is 16.5. The van der Waals surface area contributed by atoms with Gasteiger partial charge in [0.25, 0.3) is 0 Å². The number of hydrazine groups is 1. The summed E-state index contributed by atoms with van der Waals surface area (Å²) in [5.74, 6) is 6.47. The lowest BCUT2D eigenvalue weighted by atomic mass is 10.1. The maximum absolute atomic E-state index is 5.67. The van der Waals surface area contributed by atoms with Crippen molar-refractivity contribution in [1.29, 1.82) is 0 Å². The van der Waals surface area contributed by atoms with Crippen LogP contribution in [0.4, 0.5) is 0 Å². The normalized spacial score (nSPS) is 30.3. The van der Waals surface area contributed by atoms with Crippen molar-refractivity contribution in [2.45, 2.75) is 44.8 Å². The molecule has 0 aromatic heterocycles. The summed E-state index contributed by atoms with van der Waals surface area (Å²) < 4.78 is 5.13. The minimum Gasteiger partial charge on any atom is -0.382 e. The Morgan fingerprint density at radius 2 is 2.32 bits per heavy atom. The smallest absolute Gasteiger partial charge is 0.209 e. The first-order valence-corrected chi connectivity index (χ1v) is 7.19. The summed E-state index contributed by atoms with van der Waals surface area (Å²) in [5.41, 5.74) is 2.77. The number of rotatable bonds is 3. The fourth-order valence-electron chi connectivity index (χ4n) is 3.16. The van der Waals surface area contributed by atoms with Crippen LogP contribution in [-0.2, 0) is 4.74 Å². The van der Waals surface area contributed by atoms with Crippen LogP contribution < -0.4 is 11.3 Å². The van der Waals surface area contributed by atoms with Gasteiger partial charge in [-0.15, -0.1) is 0 Å². The first-order valence-electron chi connectivity index (χ1n) is 7.19. The average Bonchev–Trinajstić information content (AvgIpc) is 2.82. The van der Waals surface area contributed by atoms with E-state index in [4.69, 9.17) is 10.6 Å². The second kappa shape index (κ2) is 6.54. The van der Waals surface area contributed by atoms with Crippen LogP contribution in [0.3, 0.4) is 0 Å². The topological polar surface area (TPSA) is 66.1 Å². The monoisotopic (exact) mass is 269 g/mol. The molecule has 3 N–H and O–H groups in total. The summed E-state index contributed by atoms with van der Waals surface area (Å²) in [6.07, 6.45) is 2.60. The van der Waals surface area contributed by atoms with E-state index in [9.17, 15) is 0 Å². The molecule has 19 heavy (non-hydrogen) atoms. The molecule has 2 aliphatic heterocycles. The molecule has 0 radical (unpaired) electrons. The zero-order valence-electron chi connectivity index (χ0n) is 12.3. The highest BCUT2D eigenvalue weighted by molar-refractivity contribution is 5.80. The molecular formula is C13H27N5O. The number of hydrogen-bond donors (Lipinski definition) is 2. The molecule has 0 amide bonds. The minimum atomic E-state index is 0.116. The lowest BCUT2D eigenvalue weighted by Crippen LogP contribution is -2.60. The Hall–Kier alpha value is -0.850. The van der Waals surface area contributed by atoms with Gasteiger partial charge in [0.05, 0.1) is 12.6 Å². The highest BCUT2D eigenvalue weighted by Gasteiger charge is 2.35. The van der Waals surface area contributed by atoms with Gasteiger partial charge in [-0.1, -0.05) is 0 Å². The Morgan fingerprint density at radius 3 is 3.00 bits per heavy atom. The van der Waals surface area contributed by atoms with E-state index in [1.54, 1.807) is 7.11 Å². The third-order valence-corrected chi connectivity index (χ3v) is 4.09. The predicted octanol–water partition coefficient (Wildman–Crippen LogP) is 0.00910. The predicted molar refractivity (Wildman–Crippen MR) is 76.9 cm³/mol. The van der Waals surface area contributed by atoms with Crippen LogP contribution >= 0.6 is 0 Å². The van der Waals surface area contributed by atoms with Crippen LogP contribution in [0.2, 0.25) is 0 Å². The number of guanidine groups is 1. The standard InChI is InChI=1S/C13H27N5O/c1-10(9-19-3)15-13(16-14)18-8-12-5-4-6-17(12)7-11(18)2/h10-12H,4-9,14H2,1-3H3,(H,15,16). The Balaban J connectivity index is 2.04. The molecule has 110 valence electrons. The Morgan fingerprint density at radius 1 is 1.53 bits per heavy atom. The van der Waals surface area contributed by atoms with Gasteiger partial charge in [-0.25, -0.2) is 10.8 Å². The van der Waals surface area contributed by atoms with Crippen molar-refractivity contribution in [3.05, 3.63) is 0 Å². The van der Waals surface area contributed by atoms with Crippen molar-refractivity contribution >= 4 is 5.96 Å². The van der Waals surface area contributed by atoms with Crippen molar-refractivity contribution in [2.24, 2.45) is 10.8 Å². The van der Waals surface area contributed by atoms with E-state index >= 15 is 0 Å². The van der Waals surface area contributed by atoms with E-state index in [0.717, 1.165) is 19.0 Å². The number of aliphatic imine (C=N–C) groups is 1. The molecule has 2 aliphatic rings. The summed E-state index contributed by atoms with van der Waals surface area (Å²) in [5, 5.41) is 0. The van der Waals surface area contributed by atoms with E-state index in [2.05, 4.69) is 27.1 Å². The number of ether oxygens (including phenoxy) is 1. The molecule has 0 aliphatic carbocycles. The summed E-state index contributed by atoms with van der Waals surface area (Å²) in [4.78, 5) is 9.53. The quantitative estimate of drug-likeness (QED) is 0.327. The second-order valence-electron chi connectivity index (χ2n) is 5.69. The van der Waals surface area contributed by atoms with Crippen molar-refractivity contribution < 1.29 is 4.74 Å². The summed E-state index contributed by atoms with van der Waals surface area (Å²) in [7, 11) is 1.70. The van der Waals surface area contributed by atoms with Crippen molar-refractivity contribution in [3.8, 4) is 0 Å². The van der Waals surface area contributed by atoms with Gasteiger partial charge in [-0.3, -0.25) is 10.3 Å². The summed E-state index contributed by atoms with van der Waals surface area (Å²) >= 11 is 0. The molecule has 2 rings (SSSR count). The van der Waals surface area contributed by atoms with Crippen molar-refractivity contribution in [1.82, 2.24) is 15.2 Å². The number of nitrogens with zero attached hydrogens (tertiary/aromatic N) is 3. The molecule has 3 atom stereocenters. The average molecular weight is 269 g/mol. The molecule has 3 unspecified atom stereocenters. The third-order valence-electron chi connectivity index (χ3n) is 4.09. The highest BCUT2D eigenvalue weighted by Crippen LogP contribution is 2.24. The number of nitrogens with one attached hydrogen (secondary N) is 1. The molecule has 6 heteroatoms. The number of hydrogen-bond acceptors (Lipinski definition) is 4. The Kier molecular flexibility index (Phi) is 5.01. The van der Waals surface area contributed by atoms with Crippen LogP contribution in [0.15, 0.2) is 4.99 Å². The zero-order valence-corrected chi connectivity index (χ0v) is 12.3. The fraction of sp³-hybridized carbons (Fsp3) is 0.923. The van der Waals surface area contributed by atoms with Crippen LogP contribution in [0.1, 0.15) is 26.7 Å². The lowest BCUT2D eigenvalue weighted by Gasteiger charge is -2.43. The summed E-state index contributed by atoms with van der Waals surface area (Å²) in [6.45, 7) is 8.25. The van der Waals surface area contributed by atoms with E-state index in [1.807, 2.05) is 6.92 Å². The van der Waals surface area contributed by atoms with E-state index in [1.165, 1.54) is 19.4 Å². The lowest BCUT2D eigenvalue weighted by molar-refractivity contribution is 0.105. The van der Waals surface area contributed by atoms with E-state index in [-0.39, 0.29) is 6.04 Å². The molecule has 2 heterocycles. The maximum Gasteiger partial charge on any atom is 0.209 e. The van der Waals surface area contributed by atoms with E-state index in [0.29, 0.717) is 18.7 Å². The molecule has 0 bridgehead atoms. The van der Waals surface area contributed by atoms with Gasteiger partial charge in [-0.2, -0.15) is 0 Å². The van der Waals surface area contributed by atoms with Gasteiger partial charge in [0.1, 0.15) is 0 Å². The number of piperazine rings is 1. The van der Waals surface area contributed by atoms with Crippen LogP contribution in [0, 0.1) is 0 Å². The second-order valence-corrected chi connectivity index (χ2v) is 5.69. The van der Waals surface area contributed by atoms with E-state index < -0.39 is 0 Å². The van der Waals surface area contributed by atoms with Gasteiger partial charge in [0, 0.05) is 32.3 Å². The minimum absolute atomic E-state index is 0.116. The zero-order chi connectivity index (χ0) is 13.8. The first kappa shape index (κ1) is 14.6. The van der Waals surface area contributed by atoms with Gasteiger partial charge >= 0.3 is 0 Å². The number of nitrogens with two attached hydrogens (primary N) is 1. The molecule has 0 saturated carbocycles. The molecule has 0 aromatic rings. The van der Waals surface area contributed by atoms with Crippen LogP contribution in [-0.4, -0.2) is 67.2 Å². The molecule has 0 aromatic carbocycles.